The average molecular weight is 448 g/mol. The molecule has 3 heterocycles. The van der Waals surface area contributed by atoms with E-state index in [0.29, 0.717) is 12.1 Å². The van der Waals surface area contributed by atoms with Crippen molar-refractivity contribution in [2.24, 2.45) is 17.8 Å². The van der Waals surface area contributed by atoms with Gasteiger partial charge in [0.2, 0.25) is 0 Å². The molecule has 0 spiro atoms. The van der Waals surface area contributed by atoms with Crippen molar-refractivity contribution in [2.45, 2.75) is 102 Å². The lowest BCUT2D eigenvalue weighted by Gasteiger charge is -2.55. The molecule has 0 radical (unpaired) electrons. The summed E-state index contributed by atoms with van der Waals surface area (Å²) in [5.41, 5.74) is 1.53. The normalized spacial score (nSPS) is 36.6. The van der Waals surface area contributed by atoms with Crippen molar-refractivity contribution in [1.82, 2.24) is 14.5 Å². The quantitative estimate of drug-likeness (QED) is 0.594. The number of aromatic nitrogens is 2. The van der Waals surface area contributed by atoms with E-state index in [1.165, 1.54) is 58.3 Å². The van der Waals surface area contributed by atoms with Crippen LogP contribution in [0, 0.1) is 17.8 Å². The van der Waals surface area contributed by atoms with Crippen molar-refractivity contribution < 1.29 is 4.79 Å². The summed E-state index contributed by atoms with van der Waals surface area (Å²) < 4.78 is 1.94. The molecule has 4 atom stereocenters. The zero-order valence-corrected chi connectivity index (χ0v) is 20.1. The fraction of sp³-hybridized carbons (Fsp3) is 0.679. The van der Waals surface area contributed by atoms with Crippen LogP contribution in [0.1, 0.15) is 94.6 Å². The number of hydrogen-bond acceptors (Lipinski definition) is 4. The Hall–Kier alpha value is -2.01. The Bertz CT molecular complexity index is 1090. The lowest BCUT2D eigenvalue weighted by Crippen LogP contribution is -2.59. The third-order valence-corrected chi connectivity index (χ3v) is 9.27. The summed E-state index contributed by atoms with van der Waals surface area (Å²) in [4.78, 5) is 33.1. The number of fused-ring (bicyclic) bond motifs is 5. The Morgan fingerprint density at radius 1 is 0.879 bits per heavy atom. The highest BCUT2D eigenvalue weighted by Gasteiger charge is 2.46. The molecule has 33 heavy (non-hydrogen) atoms. The van der Waals surface area contributed by atoms with Crippen LogP contribution in [0.15, 0.2) is 29.1 Å². The first-order valence-electron chi connectivity index (χ1n) is 13.3. The van der Waals surface area contributed by atoms with Gasteiger partial charge in [-0.15, -0.1) is 0 Å². The summed E-state index contributed by atoms with van der Waals surface area (Å²) in [7, 11) is 0. The van der Waals surface area contributed by atoms with Crippen molar-refractivity contribution >= 4 is 16.8 Å². The number of carbonyl (C=O) groups is 1. The van der Waals surface area contributed by atoms with Crippen LogP contribution in [-0.4, -0.2) is 38.4 Å². The average Bonchev–Trinajstić information content (AvgIpc) is 2.77. The predicted octanol–water partition coefficient (Wildman–Crippen LogP) is 5.37. The fourth-order valence-electron chi connectivity index (χ4n) is 8.33. The van der Waals surface area contributed by atoms with E-state index in [9.17, 15) is 9.59 Å². The van der Waals surface area contributed by atoms with E-state index in [1.54, 1.807) is 0 Å². The molecule has 2 aliphatic carbocycles. The molecule has 2 saturated carbocycles. The van der Waals surface area contributed by atoms with E-state index in [4.69, 9.17) is 0 Å². The molecule has 4 fully saturated rings. The molecule has 0 amide bonds. The van der Waals surface area contributed by atoms with E-state index >= 15 is 0 Å². The molecule has 2 aliphatic heterocycles. The second-order valence-electron chi connectivity index (χ2n) is 11.7. The van der Waals surface area contributed by atoms with Crippen molar-refractivity contribution in [3.05, 3.63) is 40.3 Å². The van der Waals surface area contributed by atoms with Crippen LogP contribution in [0.5, 0.6) is 0 Å². The van der Waals surface area contributed by atoms with E-state index in [0.717, 1.165) is 47.7 Å². The van der Waals surface area contributed by atoms with Crippen LogP contribution in [0.2, 0.25) is 0 Å². The minimum Gasteiger partial charge on any atom is -0.302 e. The summed E-state index contributed by atoms with van der Waals surface area (Å²) in [6.45, 7) is 3.91. The van der Waals surface area contributed by atoms with Gasteiger partial charge in [-0.05, 0) is 87.7 Å². The molecule has 4 unspecified atom stereocenters. The Labute approximate surface area is 196 Å². The summed E-state index contributed by atoms with van der Waals surface area (Å²) in [6.07, 6.45) is 12.9. The molecule has 0 N–H and O–H groups in total. The zero-order valence-electron chi connectivity index (χ0n) is 20.1. The van der Waals surface area contributed by atoms with Crippen LogP contribution < -0.4 is 5.56 Å². The first kappa shape index (κ1) is 21.5. The molecule has 4 aliphatic rings. The van der Waals surface area contributed by atoms with Crippen LogP contribution in [0.4, 0.5) is 0 Å². The highest BCUT2D eigenvalue weighted by atomic mass is 16.1. The van der Waals surface area contributed by atoms with Crippen LogP contribution in [0.25, 0.3) is 11.0 Å². The van der Waals surface area contributed by atoms with E-state index < -0.39 is 0 Å². The minimum absolute atomic E-state index is 0.0931. The van der Waals surface area contributed by atoms with Gasteiger partial charge in [-0.3, -0.25) is 14.5 Å². The molecule has 6 rings (SSSR count). The Kier molecular flexibility index (Phi) is 5.44. The second kappa shape index (κ2) is 8.33. The lowest BCUT2D eigenvalue weighted by atomic mass is 9.65. The van der Waals surface area contributed by atoms with Gasteiger partial charge < -0.3 is 4.57 Å². The van der Waals surface area contributed by atoms with E-state index in [2.05, 4.69) is 16.8 Å². The molecule has 2 aromatic rings. The molecular formula is C28H37N3O2. The Morgan fingerprint density at radius 2 is 1.55 bits per heavy atom. The van der Waals surface area contributed by atoms with Crippen LogP contribution in [-0.2, 0) is 0 Å². The third kappa shape index (κ3) is 3.77. The second-order valence-corrected chi connectivity index (χ2v) is 11.7. The molecule has 1 aromatic heterocycles. The van der Waals surface area contributed by atoms with Gasteiger partial charge in [-0.25, -0.2) is 4.98 Å². The number of Topliss-reactive ketones (excluding diaryl/α,β-unsaturated/α-hetero) is 1. The summed E-state index contributed by atoms with van der Waals surface area (Å²) >= 11 is 0. The number of ketones is 1. The highest BCUT2D eigenvalue weighted by molar-refractivity contribution is 5.93. The zero-order chi connectivity index (χ0) is 22.7. The first-order chi connectivity index (χ1) is 16.0. The van der Waals surface area contributed by atoms with Crippen molar-refractivity contribution in [2.75, 3.05) is 0 Å². The summed E-state index contributed by atoms with van der Waals surface area (Å²) in [6, 6.07) is 9.84. The summed E-state index contributed by atoms with van der Waals surface area (Å²) in [5, 5.41) is 0. The smallest absolute Gasteiger partial charge is 0.280 e. The largest absolute Gasteiger partial charge is 0.302 e. The van der Waals surface area contributed by atoms with Crippen LogP contribution in [0.3, 0.4) is 0 Å². The fourth-order valence-corrected chi connectivity index (χ4v) is 8.33. The number of hydrogen-bond donors (Lipinski definition) is 0. The van der Waals surface area contributed by atoms with Gasteiger partial charge in [0.25, 0.3) is 5.56 Å². The molecule has 2 saturated heterocycles. The van der Waals surface area contributed by atoms with Gasteiger partial charge in [0.1, 0.15) is 0 Å². The van der Waals surface area contributed by atoms with Gasteiger partial charge in [0.15, 0.2) is 11.5 Å². The van der Waals surface area contributed by atoms with Gasteiger partial charge in [-0.1, -0.05) is 25.5 Å². The van der Waals surface area contributed by atoms with Crippen LogP contribution >= 0.6 is 0 Å². The number of carbonyl (C=O) groups excluding carboxylic acids is 1. The van der Waals surface area contributed by atoms with Gasteiger partial charge in [0.05, 0.1) is 11.0 Å². The lowest BCUT2D eigenvalue weighted by molar-refractivity contribution is -0.0524. The molecule has 1 aromatic carbocycles. The standard InChI is InChI=1S/C28H37N3O2/c1-17-10-19-12-20(11-17)14-23(13-19)30-21-6-5-7-22(30)16-24(15-21)31-26-9-4-3-8-25(26)29-27(18(2)32)28(31)33/h3-4,8-9,17,19-24H,5-7,10-16H2,1-2H3. The predicted molar refractivity (Wildman–Crippen MR) is 131 cm³/mol. The molecular weight excluding hydrogens is 410 g/mol. The minimum atomic E-state index is -0.236. The maximum absolute atomic E-state index is 13.5. The topological polar surface area (TPSA) is 55.2 Å². The van der Waals surface area contributed by atoms with E-state index in [-0.39, 0.29) is 23.1 Å². The molecule has 5 nitrogen and oxygen atoms in total. The number of nitrogens with zero attached hydrogens (tertiary/aromatic N) is 3. The molecule has 176 valence electrons. The maximum atomic E-state index is 13.5. The van der Waals surface area contributed by atoms with E-state index in [1.807, 2.05) is 28.8 Å². The van der Waals surface area contributed by atoms with Gasteiger partial charge in [0, 0.05) is 31.1 Å². The third-order valence-electron chi connectivity index (χ3n) is 9.27. The van der Waals surface area contributed by atoms with Crippen molar-refractivity contribution in [3.8, 4) is 0 Å². The summed E-state index contributed by atoms with van der Waals surface area (Å²) in [5.74, 6) is 2.50. The number of piperidine rings is 2. The maximum Gasteiger partial charge on any atom is 0.280 e. The number of benzene rings is 1. The monoisotopic (exact) mass is 447 g/mol. The number of para-hydroxylation sites is 2. The van der Waals surface area contributed by atoms with Crippen molar-refractivity contribution in [3.63, 3.8) is 0 Å². The first-order valence-corrected chi connectivity index (χ1v) is 13.3. The molecule has 5 heteroatoms. The highest BCUT2D eigenvalue weighted by Crippen LogP contribution is 2.48. The SMILES string of the molecule is CC(=O)c1nc2ccccc2n(C2CC3CCCC(C2)N3C2CC3CC(C)CC(C3)C2)c1=O. The molecule has 4 bridgehead atoms. The van der Waals surface area contributed by atoms with Gasteiger partial charge >= 0.3 is 0 Å². The number of rotatable bonds is 3. The Morgan fingerprint density at radius 3 is 2.21 bits per heavy atom. The Balaban J connectivity index is 1.33. The van der Waals surface area contributed by atoms with Gasteiger partial charge in [-0.2, -0.15) is 0 Å². The van der Waals surface area contributed by atoms with Crippen molar-refractivity contribution in [1.29, 1.82) is 0 Å².